The number of benzene rings is 1. The molecule has 1 heterocycles. The number of carbonyl (C=O) groups excluding carboxylic acids is 2. The fraction of sp³-hybridized carbons (Fsp3) is 0.529. The van der Waals surface area contributed by atoms with Gasteiger partial charge in [0.15, 0.2) is 0 Å². The third-order valence-corrected chi connectivity index (χ3v) is 5.26. The van der Waals surface area contributed by atoms with Crippen molar-refractivity contribution in [1.29, 1.82) is 0 Å². The minimum Gasteiger partial charge on any atom is -0.381 e. The largest absolute Gasteiger partial charge is 0.381 e. The zero-order valence-electron chi connectivity index (χ0n) is 15.0. The first-order valence-electron chi connectivity index (χ1n) is 8.48. The van der Waals surface area contributed by atoms with Crippen LogP contribution in [0, 0.1) is 5.92 Å². The molecule has 2 amide bonds. The molecular formula is C17H25N3O5S. The van der Waals surface area contributed by atoms with Gasteiger partial charge in [-0.1, -0.05) is 6.07 Å². The van der Waals surface area contributed by atoms with Crippen LogP contribution < -0.4 is 14.9 Å². The van der Waals surface area contributed by atoms with Crippen molar-refractivity contribution in [3.63, 3.8) is 0 Å². The van der Waals surface area contributed by atoms with Crippen LogP contribution in [0.1, 0.15) is 19.8 Å². The molecule has 8 nitrogen and oxygen atoms in total. The summed E-state index contributed by atoms with van der Waals surface area (Å²) in [4.78, 5) is 23.3. The van der Waals surface area contributed by atoms with Crippen molar-refractivity contribution < 1.29 is 22.7 Å². The molecule has 2 rings (SSSR count). The number of anilines is 2. The van der Waals surface area contributed by atoms with Gasteiger partial charge < -0.3 is 15.4 Å². The minimum absolute atomic E-state index is 0.0752. The fourth-order valence-electron chi connectivity index (χ4n) is 2.81. The topological polar surface area (TPSA) is 105 Å². The molecule has 1 aromatic carbocycles. The molecule has 0 unspecified atom stereocenters. The molecule has 1 saturated heterocycles. The number of nitrogens with zero attached hydrogens (tertiary/aromatic N) is 1. The Morgan fingerprint density at radius 2 is 1.96 bits per heavy atom. The third kappa shape index (κ3) is 5.99. The van der Waals surface area contributed by atoms with Gasteiger partial charge in [0, 0.05) is 38.3 Å². The second-order valence-corrected chi connectivity index (χ2v) is 8.15. The highest BCUT2D eigenvalue weighted by atomic mass is 32.2. The Kier molecular flexibility index (Phi) is 6.98. The SMILES string of the molecule is CC(=O)Nc1cccc(N(CCNC(=O)C2CCOCC2)S(C)(=O)=O)c1. The lowest BCUT2D eigenvalue weighted by molar-refractivity contribution is -0.127. The first kappa shape index (κ1) is 20.2. The highest BCUT2D eigenvalue weighted by Crippen LogP contribution is 2.21. The lowest BCUT2D eigenvalue weighted by Crippen LogP contribution is -2.41. The van der Waals surface area contributed by atoms with Crippen LogP contribution >= 0.6 is 0 Å². The van der Waals surface area contributed by atoms with Crippen molar-refractivity contribution in [3.8, 4) is 0 Å². The Balaban J connectivity index is 2.02. The second kappa shape index (κ2) is 9.00. The first-order valence-corrected chi connectivity index (χ1v) is 10.3. The van der Waals surface area contributed by atoms with E-state index in [9.17, 15) is 18.0 Å². The Morgan fingerprint density at radius 1 is 1.27 bits per heavy atom. The second-order valence-electron chi connectivity index (χ2n) is 6.24. The molecule has 1 fully saturated rings. The summed E-state index contributed by atoms with van der Waals surface area (Å²) in [6.45, 7) is 2.84. The highest BCUT2D eigenvalue weighted by Gasteiger charge is 2.22. The summed E-state index contributed by atoms with van der Waals surface area (Å²) < 4.78 is 30.8. The van der Waals surface area contributed by atoms with Crippen LogP contribution in [-0.2, 0) is 24.3 Å². The summed E-state index contributed by atoms with van der Waals surface area (Å²) >= 11 is 0. The first-order chi connectivity index (χ1) is 12.3. The Bertz CT molecular complexity index is 745. The molecule has 2 N–H and O–H groups in total. The predicted molar refractivity (Wildman–Crippen MR) is 99.5 cm³/mol. The molecule has 1 aliphatic rings. The fourth-order valence-corrected chi connectivity index (χ4v) is 3.73. The maximum absolute atomic E-state index is 12.2. The molecule has 0 radical (unpaired) electrons. The van der Waals surface area contributed by atoms with Crippen molar-refractivity contribution in [2.24, 2.45) is 5.92 Å². The van der Waals surface area contributed by atoms with Crippen molar-refractivity contribution in [2.45, 2.75) is 19.8 Å². The van der Waals surface area contributed by atoms with E-state index in [0.717, 1.165) is 6.26 Å². The summed E-state index contributed by atoms with van der Waals surface area (Å²) in [5.74, 6) is -0.399. The van der Waals surface area contributed by atoms with Gasteiger partial charge in [-0.15, -0.1) is 0 Å². The lowest BCUT2D eigenvalue weighted by atomic mass is 9.99. The monoisotopic (exact) mass is 383 g/mol. The molecule has 0 atom stereocenters. The van der Waals surface area contributed by atoms with Gasteiger partial charge in [-0.25, -0.2) is 8.42 Å². The van der Waals surface area contributed by atoms with E-state index < -0.39 is 10.0 Å². The maximum atomic E-state index is 12.2. The van der Waals surface area contributed by atoms with Gasteiger partial charge in [-0.2, -0.15) is 0 Å². The van der Waals surface area contributed by atoms with Crippen LogP contribution in [0.4, 0.5) is 11.4 Å². The van der Waals surface area contributed by atoms with Crippen LogP contribution in [0.15, 0.2) is 24.3 Å². The number of ether oxygens (including phenoxy) is 1. The predicted octanol–water partition coefficient (Wildman–Crippen LogP) is 0.954. The van der Waals surface area contributed by atoms with E-state index in [1.54, 1.807) is 24.3 Å². The Hall–Kier alpha value is -2.13. The Labute approximate surface area is 153 Å². The van der Waals surface area contributed by atoms with E-state index in [-0.39, 0.29) is 30.8 Å². The summed E-state index contributed by atoms with van der Waals surface area (Å²) in [5, 5.41) is 5.43. The van der Waals surface area contributed by atoms with Crippen LogP contribution in [0.5, 0.6) is 0 Å². The number of rotatable bonds is 7. The molecule has 0 aliphatic carbocycles. The van der Waals surface area contributed by atoms with E-state index in [0.29, 0.717) is 37.4 Å². The number of sulfonamides is 1. The van der Waals surface area contributed by atoms with Crippen molar-refractivity contribution in [1.82, 2.24) is 5.32 Å². The lowest BCUT2D eigenvalue weighted by Gasteiger charge is -2.25. The van der Waals surface area contributed by atoms with Crippen LogP contribution in [-0.4, -0.2) is 52.8 Å². The summed E-state index contributed by atoms with van der Waals surface area (Å²) in [7, 11) is -3.54. The molecule has 0 spiro atoms. The number of amides is 2. The van der Waals surface area contributed by atoms with Gasteiger partial charge in [0.25, 0.3) is 0 Å². The quantitative estimate of drug-likeness (QED) is 0.730. The van der Waals surface area contributed by atoms with E-state index in [2.05, 4.69) is 10.6 Å². The number of carbonyl (C=O) groups is 2. The molecule has 144 valence electrons. The molecule has 9 heteroatoms. The standard InChI is InChI=1S/C17H25N3O5S/c1-13(21)19-15-4-3-5-16(12-15)20(26(2,23)24)9-8-18-17(22)14-6-10-25-11-7-14/h3-5,12,14H,6-11H2,1-2H3,(H,18,22)(H,19,21). The average Bonchev–Trinajstić information content (AvgIpc) is 2.58. The van der Waals surface area contributed by atoms with Crippen LogP contribution in [0.3, 0.4) is 0 Å². The zero-order chi connectivity index (χ0) is 19.2. The van der Waals surface area contributed by atoms with Gasteiger partial charge >= 0.3 is 0 Å². The number of nitrogens with one attached hydrogen (secondary N) is 2. The van der Waals surface area contributed by atoms with Crippen molar-refractivity contribution >= 4 is 33.2 Å². The molecule has 0 saturated carbocycles. The normalized spacial score (nSPS) is 15.3. The van der Waals surface area contributed by atoms with Gasteiger partial charge in [-0.3, -0.25) is 13.9 Å². The van der Waals surface area contributed by atoms with Crippen LogP contribution in [0.25, 0.3) is 0 Å². The number of hydrogen-bond acceptors (Lipinski definition) is 5. The van der Waals surface area contributed by atoms with Gasteiger partial charge in [0.2, 0.25) is 21.8 Å². The zero-order valence-corrected chi connectivity index (χ0v) is 15.8. The highest BCUT2D eigenvalue weighted by molar-refractivity contribution is 7.92. The van der Waals surface area contributed by atoms with Gasteiger partial charge in [-0.05, 0) is 31.0 Å². The molecule has 1 aliphatic heterocycles. The molecule has 0 bridgehead atoms. The van der Waals surface area contributed by atoms with Crippen molar-refractivity contribution in [2.75, 3.05) is 42.2 Å². The summed E-state index contributed by atoms with van der Waals surface area (Å²) in [6.07, 6.45) is 2.47. The molecule has 26 heavy (non-hydrogen) atoms. The van der Waals surface area contributed by atoms with E-state index in [1.165, 1.54) is 11.2 Å². The summed E-state index contributed by atoms with van der Waals surface area (Å²) in [6, 6.07) is 6.58. The maximum Gasteiger partial charge on any atom is 0.232 e. The van der Waals surface area contributed by atoms with Gasteiger partial charge in [0.05, 0.1) is 18.5 Å². The average molecular weight is 383 g/mol. The summed E-state index contributed by atoms with van der Waals surface area (Å²) in [5.41, 5.74) is 0.939. The van der Waals surface area contributed by atoms with E-state index in [4.69, 9.17) is 4.74 Å². The molecular weight excluding hydrogens is 358 g/mol. The van der Waals surface area contributed by atoms with Crippen LogP contribution in [0.2, 0.25) is 0 Å². The third-order valence-electron chi connectivity index (χ3n) is 4.06. The smallest absolute Gasteiger partial charge is 0.232 e. The minimum atomic E-state index is -3.54. The molecule has 1 aromatic rings. The van der Waals surface area contributed by atoms with E-state index in [1.807, 2.05) is 0 Å². The molecule has 0 aromatic heterocycles. The Morgan fingerprint density at radius 3 is 2.58 bits per heavy atom. The van der Waals surface area contributed by atoms with Gasteiger partial charge in [0.1, 0.15) is 0 Å². The van der Waals surface area contributed by atoms with Crippen molar-refractivity contribution in [3.05, 3.63) is 24.3 Å². The van der Waals surface area contributed by atoms with E-state index >= 15 is 0 Å². The number of hydrogen-bond donors (Lipinski definition) is 2.